The second-order valence-electron chi connectivity index (χ2n) is 5.92. The minimum Gasteiger partial charge on any atom is -0.490 e. The Bertz CT molecular complexity index is 549. The van der Waals surface area contributed by atoms with E-state index in [-0.39, 0.29) is 6.04 Å². The molecule has 1 heterocycles. The average molecular weight is 302 g/mol. The molecule has 0 bridgehead atoms. The van der Waals surface area contributed by atoms with Gasteiger partial charge in [0.1, 0.15) is 0 Å². The maximum atomic E-state index is 9.10. The highest BCUT2D eigenvalue weighted by atomic mass is 16.5. The third-order valence-electron chi connectivity index (χ3n) is 4.13. The van der Waals surface area contributed by atoms with E-state index in [4.69, 9.17) is 14.7 Å². The second-order valence-corrected chi connectivity index (χ2v) is 5.92. The predicted molar refractivity (Wildman–Crippen MR) is 87.2 cm³/mol. The molecule has 1 aliphatic rings. The first-order chi connectivity index (χ1) is 10.6. The quantitative estimate of drug-likeness (QED) is 0.806. The van der Waals surface area contributed by atoms with Crippen molar-refractivity contribution in [1.29, 1.82) is 5.26 Å². The molecule has 0 spiro atoms. The Kier molecular flexibility index (Phi) is 5.68. The van der Waals surface area contributed by atoms with E-state index in [9.17, 15) is 0 Å². The molecule has 1 unspecified atom stereocenters. The Morgan fingerprint density at radius 1 is 1.18 bits per heavy atom. The molecule has 0 saturated carbocycles. The van der Waals surface area contributed by atoms with Gasteiger partial charge in [-0.2, -0.15) is 5.26 Å². The fraction of sp³-hybridized carbons (Fsp3) is 0.611. The number of hydrogen-bond acceptors (Lipinski definition) is 4. The maximum Gasteiger partial charge on any atom is 0.161 e. The maximum absolute atomic E-state index is 9.10. The summed E-state index contributed by atoms with van der Waals surface area (Å²) < 4.78 is 11.5. The van der Waals surface area contributed by atoms with E-state index in [0.717, 1.165) is 24.5 Å². The second kappa shape index (κ2) is 7.51. The summed E-state index contributed by atoms with van der Waals surface area (Å²) in [4.78, 5) is 2.40. The Morgan fingerprint density at radius 3 is 2.27 bits per heavy atom. The minimum atomic E-state index is 0.282. The fourth-order valence-electron chi connectivity index (χ4n) is 3.11. The molecule has 0 aliphatic carbocycles. The molecule has 2 rings (SSSR count). The monoisotopic (exact) mass is 302 g/mol. The Morgan fingerprint density at radius 2 is 1.77 bits per heavy atom. The lowest BCUT2D eigenvalue weighted by molar-refractivity contribution is 0.131. The van der Waals surface area contributed by atoms with Gasteiger partial charge < -0.3 is 9.47 Å². The van der Waals surface area contributed by atoms with E-state index in [1.807, 2.05) is 13.8 Å². The van der Waals surface area contributed by atoms with Gasteiger partial charge in [0.2, 0.25) is 0 Å². The first kappa shape index (κ1) is 16.6. The van der Waals surface area contributed by atoms with Crippen LogP contribution in [-0.2, 0) is 13.0 Å². The van der Waals surface area contributed by atoms with Crippen LogP contribution in [0.2, 0.25) is 0 Å². The van der Waals surface area contributed by atoms with Crippen molar-refractivity contribution in [3.63, 3.8) is 0 Å². The lowest BCUT2D eigenvalue weighted by Gasteiger charge is -2.39. The van der Waals surface area contributed by atoms with Crippen LogP contribution in [0, 0.1) is 11.3 Å². The van der Waals surface area contributed by atoms with Crippen LogP contribution in [0.5, 0.6) is 11.5 Å². The number of nitriles is 1. The van der Waals surface area contributed by atoms with Crippen molar-refractivity contribution in [3.8, 4) is 17.6 Å². The van der Waals surface area contributed by atoms with Gasteiger partial charge in [0, 0.05) is 18.6 Å². The van der Waals surface area contributed by atoms with Crippen molar-refractivity contribution < 1.29 is 9.47 Å². The molecular weight excluding hydrogens is 276 g/mol. The summed E-state index contributed by atoms with van der Waals surface area (Å²) in [5.41, 5.74) is 2.57. The zero-order valence-electron chi connectivity index (χ0n) is 14.1. The first-order valence-electron chi connectivity index (χ1n) is 8.14. The predicted octanol–water partition coefficient (Wildman–Crippen LogP) is 3.53. The molecule has 0 N–H and O–H groups in total. The highest BCUT2D eigenvalue weighted by molar-refractivity contribution is 5.48. The van der Waals surface area contributed by atoms with Gasteiger partial charge in [-0.3, -0.25) is 4.90 Å². The van der Waals surface area contributed by atoms with Gasteiger partial charge in [-0.15, -0.1) is 0 Å². The number of ether oxygens (including phenoxy) is 2. The van der Waals surface area contributed by atoms with E-state index in [2.05, 4.69) is 36.9 Å². The summed E-state index contributed by atoms with van der Waals surface area (Å²) in [5, 5.41) is 9.10. The SMILES string of the molecule is CCOc1cc2c(cc1OCC)CN(C(C)C)C(CC#N)C2. The molecule has 1 aromatic rings. The van der Waals surface area contributed by atoms with Gasteiger partial charge in [0.25, 0.3) is 0 Å². The lowest BCUT2D eigenvalue weighted by atomic mass is 9.91. The molecule has 4 nitrogen and oxygen atoms in total. The van der Waals surface area contributed by atoms with Crippen LogP contribution < -0.4 is 9.47 Å². The largest absolute Gasteiger partial charge is 0.490 e. The van der Waals surface area contributed by atoms with Crippen molar-refractivity contribution >= 4 is 0 Å². The normalized spacial score (nSPS) is 17.9. The molecule has 0 radical (unpaired) electrons. The third-order valence-corrected chi connectivity index (χ3v) is 4.13. The van der Waals surface area contributed by atoms with Crippen LogP contribution in [0.15, 0.2) is 12.1 Å². The van der Waals surface area contributed by atoms with E-state index in [1.165, 1.54) is 11.1 Å². The average Bonchev–Trinajstić information content (AvgIpc) is 2.48. The van der Waals surface area contributed by atoms with E-state index in [1.54, 1.807) is 0 Å². The van der Waals surface area contributed by atoms with Gasteiger partial charge in [-0.05, 0) is 57.4 Å². The van der Waals surface area contributed by atoms with Gasteiger partial charge in [0.15, 0.2) is 11.5 Å². The highest BCUT2D eigenvalue weighted by Crippen LogP contribution is 2.36. The Labute approximate surface area is 133 Å². The van der Waals surface area contributed by atoms with Gasteiger partial charge in [0.05, 0.1) is 25.7 Å². The van der Waals surface area contributed by atoms with Crippen molar-refractivity contribution in [2.75, 3.05) is 13.2 Å². The van der Waals surface area contributed by atoms with E-state index >= 15 is 0 Å². The lowest BCUT2D eigenvalue weighted by Crippen LogP contribution is -2.44. The smallest absolute Gasteiger partial charge is 0.161 e. The molecule has 4 heteroatoms. The molecule has 1 aliphatic heterocycles. The minimum absolute atomic E-state index is 0.282. The molecule has 0 aromatic heterocycles. The van der Waals surface area contributed by atoms with E-state index in [0.29, 0.717) is 25.7 Å². The summed E-state index contributed by atoms with van der Waals surface area (Å²) in [6.45, 7) is 10.5. The Hall–Kier alpha value is -1.73. The first-order valence-corrected chi connectivity index (χ1v) is 8.14. The zero-order chi connectivity index (χ0) is 16.1. The van der Waals surface area contributed by atoms with Crippen molar-refractivity contribution in [2.24, 2.45) is 0 Å². The molecule has 0 saturated heterocycles. The summed E-state index contributed by atoms with van der Waals surface area (Å²) in [6.07, 6.45) is 1.46. The summed E-state index contributed by atoms with van der Waals surface area (Å²) in [5.74, 6) is 1.64. The van der Waals surface area contributed by atoms with E-state index < -0.39 is 0 Å². The van der Waals surface area contributed by atoms with Crippen LogP contribution in [-0.4, -0.2) is 30.2 Å². The van der Waals surface area contributed by atoms with Crippen molar-refractivity contribution in [2.45, 2.75) is 59.2 Å². The highest BCUT2D eigenvalue weighted by Gasteiger charge is 2.29. The van der Waals surface area contributed by atoms with Gasteiger partial charge in [-0.25, -0.2) is 0 Å². The fourth-order valence-corrected chi connectivity index (χ4v) is 3.11. The van der Waals surface area contributed by atoms with Crippen LogP contribution in [0.3, 0.4) is 0 Å². The third kappa shape index (κ3) is 3.53. The Balaban J connectivity index is 2.36. The molecule has 1 aromatic carbocycles. The van der Waals surface area contributed by atoms with Crippen LogP contribution in [0.1, 0.15) is 45.2 Å². The number of benzene rings is 1. The van der Waals surface area contributed by atoms with Crippen molar-refractivity contribution in [3.05, 3.63) is 23.3 Å². The van der Waals surface area contributed by atoms with Crippen molar-refractivity contribution in [1.82, 2.24) is 4.90 Å². The number of fused-ring (bicyclic) bond motifs is 1. The van der Waals surface area contributed by atoms with Crippen LogP contribution in [0.25, 0.3) is 0 Å². The van der Waals surface area contributed by atoms with Crippen LogP contribution >= 0.6 is 0 Å². The summed E-state index contributed by atoms with van der Waals surface area (Å²) in [7, 11) is 0. The number of hydrogen-bond donors (Lipinski definition) is 0. The van der Waals surface area contributed by atoms with Crippen LogP contribution in [0.4, 0.5) is 0 Å². The molecule has 120 valence electrons. The topological polar surface area (TPSA) is 45.5 Å². The molecule has 1 atom stereocenters. The molecular formula is C18H26N2O2. The molecule has 22 heavy (non-hydrogen) atoms. The summed E-state index contributed by atoms with van der Waals surface area (Å²) in [6, 6.07) is 7.25. The molecule has 0 fully saturated rings. The number of nitrogens with zero attached hydrogens (tertiary/aromatic N) is 2. The molecule has 0 amide bonds. The van der Waals surface area contributed by atoms with Gasteiger partial charge in [-0.1, -0.05) is 0 Å². The number of rotatable bonds is 6. The van der Waals surface area contributed by atoms with Gasteiger partial charge >= 0.3 is 0 Å². The standard InChI is InChI=1S/C18H26N2O2/c1-5-21-17-10-14-9-16(7-8-19)20(13(3)4)12-15(14)11-18(17)22-6-2/h10-11,13,16H,5-7,9,12H2,1-4H3. The zero-order valence-corrected chi connectivity index (χ0v) is 14.1. The summed E-state index contributed by atoms with van der Waals surface area (Å²) >= 11 is 0.